The van der Waals surface area contributed by atoms with Crippen LogP contribution >= 0.6 is 0 Å². The van der Waals surface area contributed by atoms with Crippen molar-refractivity contribution in [3.63, 3.8) is 0 Å². The summed E-state index contributed by atoms with van der Waals surface area (Å²) in [5, 5.41) is 0. The molecule has 0 saturated heterocycles. The van der Waals surface area contributed by atoms with E-state index in [1.165, 1.54) is 13.5 Å². The van der Waals surface area contributed by atoms with E-state index in [0.29, 0.717) is 11.8 Å². The fourth-order valence-corrected chi connectivity index (χ4v) is 1.62. The monoisotopic (exact) mass is 230 g/mol. The van der Waals surface area contributed by atoms with Gasteiger partial charge >= 0.3 is 5.97 Å². The molecule has 0 radical (unpaired) electrons. The lowest BCUT2D eigenvalue weighted by atomic mass is 9.89. The van der Waals surface area contributed by atoms with Gasteiger partial charge in [0, 0.05) is 13.5 Å². The minimum Gasteiger partial charge on any atom is -0.469 e. The first kappa shape index (κ1) is 15.4. The van der Waals surface area contributed by atoms with Gasteiger partial charge in [-0.15, -0.1) is 0 Å². The molecule has 0 heterocycles. The molecule has 0 aromatic carbocycles. The molecule has 0 spiro atoms. The third-order valence-electron chi connectivity index (χ3n) is 2.68. The van der Waals surface area contributed by atoms with Gasteiger partial charge in [0.1, 0.15) is 0 Å². The molecule has 0 fully saturated rings. The zero-order valence-electron chi connectivity index (χ0n) is 11.3. The number of hydrogen-bond acceptors (Lipinski definition) is 3. The van der Waals surface area contributed by atoms with Crippen LogP contribution < -0.4 is 0 Å². The highest BCUT2D eigenvalue weighted by molar-refractivity contribution is 5.69. The Labute approximate surface area is 99.5 Å². The average Bonchev–Trinajstić information content (AvgIpc) is 2.20. The number of esters is 1. The lowest BCUT2D eigenvalue weighted by Gasteiger charge is -2.20. The average molecular weight is 230 g/mol. The largest absolute Gasteiger partial charge is 0.469 e. The van der Waals surface area contributed by atoms with Crippen molar-refractivity contribution in [3.05, 3.63) is 0 Å². The molecule has 1 atom stereocenters. The highest BCUT2D eigenvalue weighted by atomic mass is 16.5. The number of rotatable bonds is 7. The highest BCUT2D eigenvalue weighted by Gasteiger charge is 2.14. The van der Waals surface area contributed by atoms with Crippen molar-refractivity contribution in [2.75, 3.05) is 14.2 Å². The van der Waals surface area contributed by atoms with Crippen LogP contribution in [0.25, 0.3) is 0 Å². The summed E-state index contributed by atoms with van der Waals surface area (Å²) in [6, 6.07) is 0. The van der Waals surface area contributed by atoms with Gasteiger partial charge in [-0.3, -0.25) is 4.79 Å². The smallest absolute Gasteiger partial charge is 0.305 e. The summed E-state index contributed by atoms with van der Waals surface area (Å²) in [6.45, 7) is 6.72. The summed E-state index contributed by atoms with van der Waals surface area (Å²) in [5.41, 5.74) is 0.376. The van der Waals surface area contributed by atoms with E-state index in [-0.39, 0.29) is 12.1 Å². The topological polar surface area (TPSA) is 35.5 Å². The predicted octanol–water partition coefficient (Wildman–Crippen LogP) is 3.17. The lowest BCUT2D eigenvalue weighted by molar-refractivity contribution is -0.141. The van der Waals surface area contributed by atoms with Gasteiger partial charge < -0.3 is 9.47 Å². The van der Waals surface area contributed by atoms with E-state index in [1.807, 2.05) is 0 Å². The van der Waals surface area contributed by atoms with Crippen molar-refractivity contribution in [1.29, 1.82) is 0 Å². The van der Waals surface area contributed by atoms with Crippen molar-refractivity contribution in [1.82, 2.24) is 0 Å². The highest BCUT2D eigenvalue weighted by Crippen LogP contribution is 2.23. The van der Waals surface area contributed by atoms with E-state index in [0.717, 1.165) is 19.3 Å². The molecule has 0 amide bonds. The van der Waals surface area contributed by atoms with Crippen LogP contribution in [0.3, 0.4) is 0 Å². The van der Waals surface area contributed by atoms with E-state index in [1.54, 1.807) is 7.11 Å². The van der Waals surface area contributed by atoms with Gasteiger partial charge in [-0.1, -0.05) is 27.2 Å². The second-order valence-corrected chi connectivity index (χ2v) is 5.43. The number of ether oxygens (including phenoxy) is 2. The molecule has 0 unspecified atom stereocenters. The molecule has 0 saturated carbocycles. The fourth-order valence-electron chi connectivity index (χ4n) is 1.62. The molecule has 3 nitrogen and oxygen atoms in total. The van der Waals surface area contributed by atoms with Gasteiger partial charge in [-0.25, -0.2) is 0 Å². The quantitative estimate of drug-likeness (QED) is 0.630. The van der Waals surface area contributed by atoms with Crippen LogP contribution in [0.5, 0.6) is 0 Å². The van der Waals surface area contributed by atoms with Crippen LogP contribution in [-0.4, -0.2) is 26.3 Å². The lowest BCUT2D eigenvalue weighted by Crippen LogP contribution is -2.15. The Morgan fingerprint density at radius 2 is 1.81 bits per heavy atom. The zero-order chi connectivity index (χ0) is 12.6. The van der Waals surface area contributed by atoms with Crippen molar-refractivity contribution in [2.24, 2.45) is 5.41 Å². The number of hydrogen-bond donors (Lipinski definition) is 0. The Bertz CT molecular complexity index is 194. The maximum absolute atomic E-state index is 11.0. The molecular formula is C13H26O3. The number of methoxy groups -OCH3 is 2. The van der Waals surface area contributed by atoms with E-state index < -0.39 is 0 Å². The van der Waals surface area contributed by atoms with Gasteiger partial charge in [0.25, 0.3) is 0 Å². The molecule has 0 bridgehead atoms. The molecule has 16 heavy (non-hydrogen) atoms. The Balaban J connectivity index is 3.71. The first-order chi connectivity index (χ1) is 7.39. The van der Waals surface area contributed by atoms with Gasteiger partial charge in [-0.2, -0.15) is 0 Å². The molecule has 0 aliphatic carbocycles. The van der Waals surface area contributed by atoms with E-state index in [4.69, 9.17) is 4.74 Å². The molecule has 0 rings (SSSR count). The molecular weight excluding hydrogens is 204 g/mol. The van der Waals surface area contributed by atoms with Crippen LogP contribution in [-0.2, 0) is 14.3 Å². The van der Waals surface area contributed by atoms with Crippen molar-refractivity contribution in [3.8, 4) is 0 Å². The standard InChI is InChI=1S/C13H26O3/c1-13(2,3)10-6-7-11(15-4)8-9-12(14)16-5/h11H,6-10H2,1-5H3/t11-/m1/s1. The molecule has 0 aromatic rings. The Morgan fingerprint density at radius 1 is 1.19 bits per heavy atom. The maximum atomic E-state index is 11.0. The van der Waals surface area contributed by atoms with Gasteiger partial charge in [0.2, 0.25) is 0 Å². The molecule has 0 N–H and O–H groups in total. The van der Waals surface area contributed by atoms with Crippen LogP contribution in [0.1, 0.15) is 52.9 Å². The van der Waals surface area contributed by atoms with Gasteiger partial charge in [0.15, 0.2) is 0 Å². The van der Waals surface area contributed by atoms with Crippen LogP contribution in [0.2, 0.25) is 0 Å². The predicted molar refractivity (Wildman–Crippen MR) is 65.4 cm³/mol. The molecule has 0 aliphatic rings. The summed E-state index contributed by atoms with van der Waals surface area (Å²) in [7, 11) is 3.13. The fraction of sp³-hybridized carbons (Fsp3) is 0.923. The second kappa shape index (κ2) is 7.66. The normalized spacial score (nSPS) is 13.6. The molecule has 96 valence electrons. The zero-order valence-corrected chi connectivity index (χ0v) is 11.3. The number of carbonyl (C=O) groups is 1. The minimum atomic E-state index is -0.155. The Hall–Kier alpha value is -0.570. The summed E-state index contributed by atoms with van der Waals surface area (Å²) in [6.07, 6.45) is 4.73. The summed E-state index contributed by atoms with van der Waals surface area (Å²) < 4.78 is 9.96. The molecule has 0 aliphatic heterocycles. The SMILES string of the molecule is COC(=O)CC[C@@H](CCCC(C)(C)C)OC. The van der Waals surface area contributed by atoms with E-state index in [2.05, 4.69) is 25.5 Å². The summed E-state index contributed by atoms with van der Waals surface area (Å²) >= 11 is 0. The molecule has 3 heteroatoms. The van der Waals surface area contributed by atoms with E-state index in [9.17, 15) is 4.79 Å². The van der Waals surface area contributed by atoms with Crippen molar-refractivity contribution < 1.29 is 14.3 Å². The van der Waals surface area contributed by atoms with Crippen molar-refractivity contribution >= 4 is 5.97 Å². The molecule has 0 aromatic heterocycles. The number of carbonyl (C=O) groups excluding carboxylic acids is 1. The van der Waals surface area contributed by atoms with Crippen LogP contribution in [0, 0.1) is 5.41 Å². The first-order valence-electron chi connectivity index (χ1n) is 5.98. The van der Waals surface area contributed by atoms with Crippen molar-refractivity contribution in [2.45, 2.75) is 59.0 Å². The third-order valence-corrected chi connectivity index (χ3v) is 2.68. The van der Waals surface area contributed by atoms with Crippen LogP contribution in [0.4, 0.5) is 0 Å². The first-order valence-corrected chi connectivity index (χ1v) is 5.98. The summed E-state index contributed by atoms with van der Waals surface area (Å²) in [5.74, 6) is -0.155. The van der Waals surface area contributed by atoms with Gasteiger partial charge in [0.05, 0.1) is 13.2 Å². The van der Waals surface area contributed by atoms with Gasteiger partial charge in [-0.05, 0) is 24.7 Å². The summed E-state index contributed by atoms with van der Waals surface area (Å²) in [4.78, 5) is 11.0. The second-order valence-electron chi connectivity index (χ2n) is 5.43. The maximum Gasteiger partial charge on any atom is 0.305 e. The minimum absolute atomic E-state index is 0.155. The third kappa shape index (κ3) is 8.72. The van der Waals surface area contributed by atoms with Crippen LogP contribution in [0.15, 0.2) is 0 Å². The Kier molecular flexibility index (Phi) is 7.39. The Morgan fingerprint density at radius 3 is 2.25 bits per heavy atom. The van der Waals surface area contributed by atoms with E-state index >= 15 is 0 Å².